The van der Waals surface area contributed by atoms with Gasteiger partial charge in [0, 0.05) is 18.3 Å². The molecule has 1 N–H and O–H groups in total. The van der Waals surface area contributed by atoms with E-state index >= 15 is 0 Å². The molecule has 0 aliphatic carbocycles. The molecule has 0 saturated heterocycles. The molecule has 0 unspecified atom stereocenters. The van der Waals surface area contributed by atoms with Crippen molar-refractivity contribution in [1.29, 1.82) is 0 Å². The van der Waals surface area contributed by atoms with Crippen molar-refractivity contribution in [2.24, 2.45) is 0 Å². The van der Waals surface area contributed by atoms with Crippen LogP contribution in [-0.4, -0.2) is 55.1 Å². The number of methoxy groups -OCH3 is 2. The largest absolute Gasteiger partial charge is 0.493 e. The molecule has 0 atom stereocenters. The molecule has 0 aliphatic rings. The first-order chi connectivity index (χ1) is 17.7. The molecule has 0 saturated carbocycles. The molecular weight excluding hydrogens is 470 g/mol. The molecule has 8 nitrogen and oxygen atoms in total. The molecule has 1 aromatic heterocycles. The van der Waals surface area contributed by atoms with Crippen LogP contribution in [0.3, 0.4) is 0 Å². The van der Waals surface area contributed by atoms with Crippen LogP contribution >= 0.6 is 0 Å². The number of carbonyl (C=O) groups excluding carboxylic acids is 2. The van der Waals surface area contributed by atoms with Gasteiger partial charge in [0.2, 0.25) is 5.91 Å². The molecule has 0 spiro atoms. The summed E-state index contributed by atoms with van der Waals surface area (Å²) in [6.45, 7) is 8.30. The Hall–Kier alpha value is -3.94. The van der Waals surface area contributed by atoms with Crippen LogP contribution in [0.25, 0.3) is 0 Å². The van der Waals surface area contributed by atoms with Gasteiger partial charge in [0.05, 0.1) is 20.8 Å². The number of nitrogens with zero attached hydrogens (tertiary/aromatic N) is 2. The number of benzene rings is 2. The molecule has 2 aromatic carbocycles. The second-order valence-corrected chi connectivity index (χ2v) is 9.23. The van der Waals surface area contributed by atoms with E-state index in [-0.39, 0.29) is 24.5 Å². The van der Waals surface area contributed by atoms with Gasteiger partial charge in [0.1, 0.15) is 18.1 Å². The van der Waals surface area contributed by atoms with Gasteiger partial charge in [-0.25, -0.2) is 4.79 Å². The molecule has 0 radical (unpaired) electrons. The number of hydrogen-bond donors (Lipinski definition) is 1. The van der Waals surface area contributed by atoms with E-state index in [4.69, 9.17) is 13.9 Å². The highest BCUT2D eigenvalue weighted by atomic mass is 16.5. The maximum absolute atomic E-state index is 13.6. The van der Waals surface area contributed by atoms with Crippen molar-refractivity contribution < 1.29 is 23.5 Å². The van der Waals surface area contributed by atoms with Crippen LogP contribution in [0.15, 0.2) is 59.0 Å². The zero-order chi connectivity index (χ0) is 26.9. The van der Waals surface area contributed by atoms with E-state index in [1.54, 1.807) is 24.0 Å². The number of para-hydroxylation sites is 1. The first-order valence-corrected chi connectivity index (χ1v) is 12.4. The Labute approximate surface area is 219 Å². The average Bonchev–Trinajstić information content (AvgIpc) is 3.30. The fraction of sp³-hybridized carbons (Fsp3) is 0.379. The van der Waals surface area contributed by atoms with Crippen LogP contribution < -0.4 is 14.8 Å². The quantitative estimate of drug-likeness (QED) is 0.374. The first kappa shape index (κ1) is 27.6. The molecule has 3 amide bonds. The van der Waals surface area contributed by atoms with Crippen molar-refractivity contribution in [3.8, 4) is 11.5 Å². The van der Waals surface area contributed by atoms with Crippen LogP contribution in [0.2, 0.25) is 0 Å². The van der Waals surface area contributed by atoms with Crippen LogP contribution in [-0.2, 0) is 17.8 Å². The minimum Gasteiger partial charge on any atom is -0.493 e. The number of furan rings is 1. The van der Waals surface area contributed by atoms with Crippen LogP contribution in [0.1, 0.15) is 36.5 Å². The standard InChI is InChI=1S/C29H37N3O5/c1-20(2)32(29(34)30-25-10-8-7-9-21(25)3)19-28(33)31(18-24-13-11-22(4)37-24)16-15-23-12-14-26(35-5)27(17-23)36-6/h7-14,17,20H,15-16,18-19H2,1-6H3,(H,30,34). The van der Waals surface area contributed by atoms with Crippen molar-refractivity contribution in [3.05, 3.63) is 77.2 Å². The van der Waals surface area contributed by atoms with E-state index in [1.165, 1.54) is 0 Å². The van der Waals surface area contributed by atoms with Crippen molar-refractivity contribution >= 4 is 17.6 Å². The highest BCUT2D eigenvalue weighted by Crippen LogP contribution is 2.28. The molecule has 3 rings (SSSR count). The second-order valence-electron chi connectivity index (χ2n) is 9.23. The van der Waals surface area contributed by atoms with Crippen LogP contribution in [0, 0.1) is 13.8 Å². The minimum absolute atomic E-state index is 0.0546. The molecule has 1 heterocycles. The maximum Gasteiger partial charge on any atom is 0.322 e. The molecule has 37 heavy (non-hydrogen) atoms. The van der Waals surface area contributed by atoms with E-state index in [0.29, 0.717) is 36.8 Å². The normalized spacial score (nSPS) is 10.8. The molecule has 8 heteroatoms. The van der Waals surface area contributed by atoms with Gasteiger partial charge in [0.25, 0.3) is 0 Å². The topological polar surface area (TPSA) is 84.2 Å². The Balaban J connectivity index is 1.76. The lowest BCUT2D eigenvalue weighted by Gasteiger charge is -2.30. The fourth-order valence-corrected chi connectivity index (χ4v) is 3.99. The number of ether oxygens (including phenoxy) is 2. The average molecular weight is 508 g/mol. The van der Waals surface area contributed by atoms with E-state index in [9.17, 15) is 9.59 Å². The molecule has 0 bridgehead atoms. The van der Waals surface area contributed by atoms with E-state index in [0.717, 1.165) is 22.6 Å². The van der Waals surface area contributed by atoms with Gasteiger partial charge in [-0.15, -0.1) is 0 Å². The number of amides is 3. The number of rotatable bonds is 11. The van der Waals surface area contributed by atoms with Gasteiger partial charge in [-0.2, -0.15) is 0 Å². The summed E-state index contributed by atoms with van der Waals surface area (Å²) in [5.74, 6) is 2.60. The summed E-state index contributed by atoms with van der Waals surface area (Å²) in [6, 6.07) is 16.6. The van der Waals surface area contributed by atoms with E-state index < -0.39 is 0 Å². The van der Waals surface area contributed by atoms with Crippen molar-refractivity contribution in [2.45, 2.75) is 46.7 Å². The summed E-state index contributed by atoms with van der Waals surface area (Å²) in [7, 11) is 3.19. The van der Waals surface area contributed by atoms with Gasteiger partial charge in [0.15, 0.2) is 11.5 Å². The summed E-state index contributed by atoms with van der Waals surface area (Å²) < 4.78 is 16.5. The molecule has 0 aliphatic heterocycles. The third-order valence-electron chi connectivity index (χ3n) is 6.19. The number of anilines is 1. The second kappa shape index (κ2) is 12.9. The van der Waals surface area contributed by atoms with Crippen molar-refractivity contribution in [2.75, 3.05) is 32.6 Å². The van der Waals surface area contributed by atoms with Gasteiger partial charge in [-0.3, -0.25) is 4.79 Å². The lowest BCUT2D eigenvalue weighted by Crippen LogP contribution is -2.47. The SMILES string of the molecule is COc1ccc(CCN(Cc2ccc(C)o2)C(=O)CN(C(=O)Nc2ccccc2C)C(C)C)cc1OC. The lowest BCUT2D eigenvalue weighted by atomic mass is 10.1. The number of urea groups is 1. The van der Waals surface area contributed by atoms with Gasteiger partial charge in [-0.1, -0.05) is 24.3 Å². The molecular formula is C29H37N3O5. The summed E-state index contributed by atoms with van der Waals surface area (Å²) in [4.78, 5) is 30.0. The molecule has 3 aromatic rings. The number of nitrogens with one attached hydrogen (secondary N) is 1. The van der Waals surface area contributed by atoms with Crippen LogP contribution in [0.5, 0.6) is 11.5 Å². The number of carbonyl (C=O) groups is 2. The van der Waals surface area contributed by atoms with Crippen LogP contribution in [0.4, 0.5) is 10.5 Å². The highest BCUT2D eigenvalue weighted by Gasteiger charge is 2.25. The monoisotopic (exact) mass is 507 g/mol. The third-order valence-corrected chi connectivity index (χ3v) is 6.19. The van der Waals surface area contributed by atoms with E-state index in [2.05, 4.69) is 5.32 Å². The lowest BCUT2D eigenvalue weighted by molar-refractivity contribution is -0.133. The first-order valence-electron chi connectivity index (χ1n) is 12.4. The fourth-order valence-electron chi connectivity index (χ4n) is 3.99. The summed E-state index contributed by atoms with van der Waals surface area (Å²) in [5.41, 5.74) is 2.68. The minimum atomic E-state index is -0.314. The van der Waals surface area contributed by atoms with Gasteiger partial charge >= 0.3 is 6.03 Å². The van der Waals surface area contributed by atoms with Crippen molar-refractivity contribution in [1.82, 2.24) is 9.80 Å². The molecule has 0 fully saturated rings. The Kier molecular flexibility index (Phi) is 9.60. The zero-order valence-corrected chi connectivity index (χ0v) is 22.5. The number of hydrogen-bond acceptors (Lipinski definition) is 5. The predicted molar refractivity (Wildman–Crippen MR) is 144 cm³/mol. The molecule has 198 valence electrons. The smallest absolute Gasteiger partial charge is 0.322 e. The highest BCUT2D eigenvalue weighted by molar-refractivity contribution is 5.93. The Morgan fingerprint density at radius 3 is 2.32 bits per heavy atom. The van der Waals surface area contributed by atoms with Gasteiger partial charge < -0.3 is 29.0 Å². The number of aryl methyl sites for hydroxylation is 2. The summed E-state index contributed by atoms with van der Waals surface area (Å²) in [6.07, 6.45) is 0.600. The Morgan fingerprint density at radius 1 is 0.973 bits per heavy atom. The Morgan fingerprint density at radius 2 is 1.70 bits per heavy atom. The third kappa shape index (κ3) is 7.52. The summed E-state index contributed by atoms with van der Waals surface area (Å²) in [5, 5.41) is 2.94. The predicted octanol–water partition coefficient (Wildman–Crippen LogP) is 5.43. The summed E-state index contributed by atoms with van der Waals surface area (Å²) >= 11 is 0. The van der Waals surface area contributed by atoms with E-state index in [1.807, 2.05) is 82.3 Å². The van der Waals surface area contributed by atoms with Gasteiger partial charge in [-0.05, 0) is 75.6 Å². The van der Waals surface area contributed by atoms with Crippen molar-refractivity contribution in [3.63, 3.8) is 0 Å². The zero-order valence-electron chi connectivity index (χ0n) is 22.5. The Bertz CT molecular complexity index is 1200. The maximum atomic E-state index is 13.6.